The first kappa shape index (κ1) is 16.0. The molecule has 0 saturated heterocycles. The highest BCUT2D eigenvalue weighted by molar-refractivity contribution is 9.10. The van der Waals surface area contributed by atoms with E-state index in [1.165, 1.54) is 0 Å². The van der Waals surface area contributed by atoms with Crippen molar-refractivity contribution in [2.75, 3.05) is 6.54 Å². The molecule has 0 spiro atoms. The summed E-state index contributed by atoms with van der Waals surface area (Å²) in [4.78, 5) is 11.8. The van der Waals surface area contributed by atoms with Crippen LogP contribution < -0.4 is 5.32 Å². The lowest BCUT2D eigenvalue weighted by molar-refractivity contribution is -0.121. The average molecular weight is 375 g/mol. The fourth-order valence-electron chi connectivity index (χ4n) is 1.85. The number of carbonyl (C=O) groups is 1. The maximum atomic E-state index is 11.8. The largest absolute Gasteiger partial charge is 0.354 e. The van der Waals surface area contributed by atoms with Crippen molar-refractivity contribution in [3.05, 3.63) is 33.3 Å². The number of halogens is 2. The van der Waals surface area contributed by atoms with Gasteiger partial charge in [-0.05, 0) is 36.2 Å². The molecular formula is C13H17BrClN5O. The lowest BCUT2D eigenvalue weighted by Gasteiger charge is -2.05. The van der Waals surface area contributed by atoms with Gasteiger partial charge in [0.05, 0.1) is 20.9 Å². The standard InChI is InChI=1S/C13H17BrClN5O/c1-9-11(14)6-20(17-9)8-13(21)16-4-3-5-19-7-12(15)10(2)18-19/h6-7H,3-5,8H2,1-2H3,(H,16,21). The molecule has 8 heteroatoms. The van der Waals surface area contributed by atoms with E-state index in [-0.39, 0.29) is 12.5 Å². The number of hydrogen-bond acceptors (Lipinski definition) is 3. The number of aryl methyl sites for hydroxylation is 3. The van der Waals surface area contributed by atoms with Crippen LogP contribution in [0.5, 0.6) is 0 Å². The van der Waals surface area contributed by atoms with Gasteiger partial charge in [-0.25, -0.2) is 0 Å². The molecule has 0 aliphatic heterocycles. The molecule has 0 atom stereocenters. The van der Waals surface area contributed by atoms with Crippen LogP contribution in [0.25, 0.3) is 0 Å². The van der Waals surface area contributed by atoms with Crippen molar-refractivity contribution in [3.8, 4) is 0 Å². The number of rotatable bonds is 6. The Hall–Kier alpha value is -1.34. The van der Waals surface area contributed by atoms with E-state index in [9.17, 15) is 4.79 Å². The predicted octanol–water partition coefficient (Wildman–Crippen LogP) is 2.32. The number of amides is 1. The van der Waals surface area contributed by atoms with Crippen molar-refractivity contribution < 1.29 is 4.79 Å². The Morgan fingerprint density at radius 1 is 1.29 bits per heavy atom. The molecule has 1 amide bonds. The summed E-state index contributed by atoms with van der Waals surface area (Å²) in [5, 5.41) is 12.0. The summed E-state index contributed by atoms with van der Waals surface area (Å²) in [6, 6.07) is 0. The molecule has 0 fully saturated rings. The molecule has 0 aromatic carbocycles. The van der Waals surface area contributed by atoms with Gasteiger partial charge < -0.3 is 5.32 Å². The summed E-state index contributed by atoms with van der Waals surface area (Å²) in [6.07, 6.45) is 4.39. The van der Waals surface area contributed by atoms with E-state index in [1.807, 2.05) is 13.8 Å². The molecule has 0 bridgehead atoms. The SMILES string of the molecule is Cc1nn(CCCNC(=O)Cn2cc(Br)c(C)n2)cc1Cl. The lowest BCUT2D eigenvalue weighted by atomic mass is 10.4. The summed E-state index contributed by atoms with van der Waals surface area (Å²) >= 11 is 9.30. The van der Waals surface area contributed by atoms with Crippen molar-refractivity contribution in [3.63, 3.8) is 0 Å². The Morgan fingerprint density at radius 3 is 2.57 bits per heavy atom. The van der Waals surface area contributed by atoms with E-state index in [0.717, 1.165) is 28.8 Å². The monoisotopic (exact) mass is 373 g/mol. The third-order valence-corrected chi connectivity index (χ3v) is 4.11. The molecule has 2 rings (SSSR count). The van der Waals surface area contributed by atoms with Crippen LogP contribution >= 0.6 is 27.5 Å². The highest BCUT2D eigenvalue weighted by atomic mass is 79.9. The smallest absolute Gasteiger partial charge is 0.241 e. The zero-order valence-electron chi connectivity index (χ0n) is 11.9. The maximum absolute atomic E-state index is 11.8. The van der Waals surface area contributed by atoms with Crippen molar-refractivity contribution in [2.24, 2.45) is 0 Å². The Bertz CT molecular complexity index is 598. The fraction of sp³-hybridized carbons (Fsp3) is 0.462. The first-order valence-electron chi connectivity index (χ1n) is 6.61. The van der Waals surface area contributed by atoms with Gasteiger partial charge in [0.15, 0.2) is 0 Å². The van der Waals surface area contributed by atoms with Gasteiger partial charge in [0, 0.05) is 25.5 Å². The van der Waals surface area contributed by atoms with Gasteiger partial charge >= 0.3 is 0 Å². The van der Waals surface area contributed by atoms with Crippen LogP contribution in [0.3, 0.4) is 0 Å². The zero-order chi connectivity index (χ0) is 15.4. The zero-order valence-corrected chi connectivity index (χ0v) is 14.3. The predicted molar refractivity (Wildman–Crippen MR) is 84.3 cm³/mol. The van der Waals surface area contributed by atoms with Gasteiger partial charge in [0.25, 0.3) is 0 Å². The molecule has 2 heterocycles. The summed E-state index contributed by atoms with van der Waals surface area (Å²) in [7, 11) is 0. The first-order valence-corrected chi connectivity index (χ1v) is 7.78. The molecule has 0 unspecified atom stereocenters. The summed E-state index contributed by atoms with van der Waals surface area (Å²) in [5.41, 5.74) is 1.69. The molecule has 0 aliphatic rings. The van der Waals surface area contributed by atoms with Crippen molar-refractivity contribution >= 4 is 33.4 Å². The molecule has 2 aromatic rings. The van der Waals surface area contributed by atoms with Crippen LogP contribution in [-0.4, -0.2) is 32.0 Å². The molecule has 0 saturated carbocycles. The quantitative estimate of drug-likeness (QED) is 0.789. The van der Waals surface area contributed by atoms with Crippen LogP contribution in [0.15, 0.2) is 16.9 Å². The van der Waals surface area contributed by atoms with Gasteiger partial charge in [0.2, 0.25) is 5.91 Å². The highest BCUT2D eigenvalue weighted by Crippen LogP contribution is 2.13. The molecule has 21 heavy (non-hydrogen) atoms. The molecule has 1 N–H and O–H groups in total. The van der Waals surface area contributed by atoms with E-state index in [0.29, 0.717) is 11.6 Å². The number of aromatic nitrogens is 4. The third-order valence-electron chi connectivity index (χ3n) is 2.96. The summed E-state index contributed by atoms with van der Waals surface area (Å²) in [6.45, 7) is 5.29. The molecule has 0 aliphatic carbocycles. The minimum absolute atomic E-state index is 0.0559. The minimum atomic E-state index is -0.0559. The second kappa shape index (κ2) is 7.09. The van der Waals surface area contributed by atoms with E-state index in [1.54, 1.807) is 21.8 Å². The van der Waals surface area contributed by atoms with Gasteiger partial charge in [-0.15, -0.1) is 0 Å². The topological polar surface area (TPSA) is 64.7 Å². The molecule has 2 aromatic heterocycles. The Morgan fingerprint density at radius 2 is 2.00 bits per heavy atom. The van der Waals surface area contributed by atoms with Gasteiger partial charge in [-0.3, -0.25) is 14.2 Å². The number of hydrogen-bond donors (Lipinski definition) is 1. The molecular weight excluding hydrogens is 358 g/mol. The minimum Gasteiger partial charge on any atom is -0.354 e. The van der Waals surface area contributed by atoms with Gasteiger partial charge in [-0.1, -0.05) is 11.6 Å². The van der Waals surface area contributed by atoms with E-state index >= 15 is 0 Å². The second-order valence-corrected chi connectivity index (χ2v) is 6.05. The van der Waals surface area contributed by atoms with E-state index < -0.39 is 0 Å². The number of carbonyl (C=O) groups excluding carboxylic acids is 1. The van der Waals surface area contributed by atoms with Gasteiger partial charge in [-0.2, -0.15) is 10.2 Å². The van der Waals surface area contributed by atoms with Crippen LogP contribution in [-0.2, 0) is 17.9 Å². The van der Waals surface area contributed by atoms with Crippen molar-refractivity contribution in [2.45, 2.75) is 33.4 Å². The lowest BCUT2D eigenvalue weighted by Crippen LogP contribution is -2.29. The Labute approximate surface area is 136 Å². The Balaban J connectivity index is 1.69. The fourth-order valence-corrected chi connectivity index (χ4v) is 2.32. The second-order valence-electron chi connectivity index (χ2n) is 4.79. The van der Waals surface area contributed by atoms with E-state index in [2.05, 4.69) is 31.4 Å². The molecule has 6 nitrogen and oxygen atoms in total. The number of nitrogens with one attached hydrogen (secondary N) is 1. The molecule has 0 radical (unpaired) electrons. The highest BCUT2D eigenvalue weighted by Gasteiger charge is 2.06. The van der Waals surface area contributed by atoms with Crippen LogP contribution in [0.1, 0.15) is 17.8 Å². The summed E-state index contributed by atoms with van der Waals surface area (Å²) < 4.78 is 4.31. The molecule has 114 valence electrons. The van der Waals surface area contributed by atoms with Gasteiger partial charge in [0.1, 0.15) is 6.54 Å². The normalized spacial score (nSPS) is 10.9. The average Bonchev–Trinajstić information content (AvgIpc) is 2.89. The summed E-state index contributed by atoms with van der Waals surface area (Å²) in [5.74, 6) is -0.0559. The van der Waals surface area contributed by atoms with Crippen LogP contribution in [0, 0.1) is 13.8 Å². The maximum Gasteiger partial charge on any atom is 0.241 e. The van der Waals surface area contributed by atoms with Crippen LogP contribution in [0.2, 0.25) is 5.02 Å². The number of nitrogens with zero attached hydrogens (tertiary/aromatic N) is 4. The Kier molecular flexibility index (Phi) is 5.41. The van der Waals surface area contributed by atoms with Crippen molar-refractivity contribution in [1.82, 2.24) is 24.9 Å². The van der Waals surface area contributed by atoms with E-state index in [4.69, 9.17) is 11.6 Å². The first-order chi connectivity index (χ1) is 9.95. The van der Waals surface area contributed by atoms with Crippen molar-refractivity contribution in [1.29, 1.82) is 0 Å². The van der Waals surface area contributed by atoms with Crippen LogP contribution in [0.4, 0.5) is 0 Å². The third kappa shape index (κ3) is 4.57.